The van der Waals surface area contributed by atoms with E-state index in [1.807, 2.05) is 0 Å². The van der Waals surface area contributed by atoms with Crippen molar-refractivity contribution in [3.63, 3.8) is 0 Å². The zero-order valence-electron chi connectivity index (χ0n) is 15.1. The summed E-state index contributed by atoms with van der Waals surface area (Å²) in [5.41, 5.74) is 1.16. The lowest BCUT2D eigenvalue weighted by Gasteiger charge is -2.13. The zero-order valence-corrected chi connectivity index (χ0v) is 15.1. The van der Waals surface area contributed by atoms with E-state index in [0.29, 0.717) is 17.5 Å². The number of carbonyl (C=O) groups excluding carboxylic acids is 1. The van der Waals surface area contributed by atoms with Gasteiger partial charge in [-0.05, 0) is 47.4 Å². The monoisotopic (exact) mass is 395 g/mol. The molecular weight excluding hydrogens is 375 g/mol. The maximum Gasteiger partial charge on any atom is 0.416 e. The smallest absolute Gasteiger partial charge is 0.416 e. The van der Waals surface area contributed by atoms with E-state index >= 15 is 0 Å². The highest BCUT2D eigenvalue weighted by Gasteiger charge is 2.30. The van der Waals surface area contributed by atoms with Crippen molar-refractivity contribution in [2.24, 2.45) is 5.92 Å². The van der Waals surface area contributed by atoms with Crippen molar-refractivity contribution in [3.8, 4) is 0 Å². The predicted octanol–water partition coefficient (Wildman–Crippen LogP) is 3.39. The number of aliphatic carboxylic acids is 1. The van der Waals surface area contributed by atoms with Gasteiger partial charge in [0.05, 0.1) is 18.1 Å². The third-order valence-corrected chi connectivity index (χ3v) is 4.32. The average Bonchev–Trinajstić information content (AvgIpc) is 2.65. The summed E-state index contributed by atoms with van der Waals surface area (Å²) < 4.78 is 37.8. The quantitative estimate of drug-likeness (QED) is 0.671. The second-order valence-electron chi connectivity index (χ2n) is 6.46. The molecule has 0 bridgehead atoms. The summed E-state index contributed by atoms with van der Waals surface area (Å²) in [6, 6.07) is 8.93. The van der Waals surface area contributed by atoms with Gasteiger partial charge in [0.1, 0.15) is 0 Å². The van der Waals surface area contributed by atoms with Gasteiger partial charge in [-0.15, -0.1) is 0 Å². The minimum Gasteiger partial charge on any atom is -0.481 e. The second kappa shape index (κ2) is 8.88. The molecule has 0 radical (unpaired) electrons. The number of aliphatic hydroxyl groups is 1. The lowest BCUT2D eigenvalue weighted by Crippen LogP contribution is -2.23. The summed E-state index contributed by atoms with van der Waals surface area (Å²) in [5.74, 6) is -2.07. The van der Waals surface area contributed by atoms with Crippen LogP contribution in [0.25, 0.3) is 0 Å². The SMILES string of the molecule is CC(Cc1ccc(CO)c(CNC(=O)c2ccc(C(F)(F)F)cc2)c1)C(=O)O. The van der Waals surface area contributed by atoms with Crippen LogP contribution >= 0.6 is 0 Å². The highest BCUT2D eigenvalue weighted by atomic mass is 19.4. The summed E-state index contributed by atoms with van der Waals surface area (Å²) in [7, 11) is 0. The third-order valence-electron chi connectivity index (χ3n) is 4.32. The Balaban J connectivity index is 2.09. The molecule has 28 heavy (non-hydrogen) atoms. The molecule has 0 aliphatic carbocycles. The molecule has 0 aromatic heterocycles. The van der Waals surface area contributed by atoms with E-state index in [4.69, 9.17) is 5.11 Å². The van der Waals surface area contributed by atoms with Gasteiger partial charge in [0.25, 0.3) is 5.91 Å². The van der Waals surface area contributed by atoms with Crippen LogP contribution < -0.4 is 5.32 Å². The van der Waals surface area contributed by atoms with Gasteiger partial charge in [-0.1, -0.05) is 25.1 Å². The summed E-state index contributed by atoms with van der Waals surface area (Å²) in [6.45, 7) is 1.36. The van der Waals surface area contributed by atoms with Crippen LogP contribution in [0.1, 0.15) is 39.5 Å². The number of hydrogen-bond donors (Lipinski definition) is 3. The van der Waals surface area contributed by atoms with Crippen molar-refractivity contribution in [3.05, 3.63) is 70.3 Å². The predicted molar refractivity (Wildman–Crippen MR) is 95.5 cm³/mol. The Labute approximate surface area is 159 Å². The standard InChI is InChI=1S/C20H20F3NO4/c1-12(19(27)28)8-13-2-3-15(11-25)16(9-13)10-24-18(26)14-4-6-17(7-5-14)20(21,22)23/h2-7,9,12,25H,8,10-11H2,1H3,(H,24,26)(H,27,28). The second-order valence-corrected chi connectivity index (χ2v) is 6.46. The molecule has 0 aliphatic heterocycles. The van der Waals surface area contributed by atoms with Gasteiger partial charge in [0.15, 0.2) is 0 Å². The van der Waals surface area contributed by atoms with Gasteiger partial charge in [-0.2, -0.15) is 13.2 Å². The number of alkyl halides is 3. The largest absolute Gasteiger partial charge is 0.481 e. The molecule has 0 saturated heterocycles. The van der Waals surface area contributed by atoms with Crippen LogP contribution in [0.3, 0.4) is 0 Å². The number of hydrogen-bond acceptors (Lipinski definition) is 3. The molecule has 0 fully saturated rings. The van der Waals surface area contributed by atoms with Crippen LogP contribution in [0.15, 0.2) is 42.5 Å². The van der Waals surface area contributed by atoms with Crippen LogP contribution in [0, 0.1) is 5.92 Å². The van der Waals surface area contributed by atoms with Gasteiger partial charge in [-0.3, -0.25) is 9.59 Å². The molecule has 2 aromatic carbocycles. The number of halogens is 3. The Hall–Kier alpha value is -2.87. The molecule has 8 heteroatoms. The first-order chi connectivity index (χ1) is 13.1. The molecule has 0 spiro atoms. The van der Waals surface area contributed by atoms with E-state index in [1.165, 1.54) is 0 Å². The van der Waals surface area contributed by atoms with E-state index in [-0.39, 0.29) is 18.7 Å². The normalized spacial score (nSPS) is 12.5. The number of benzene rings is 2. The average molecular weight is 395 g/mol. The molecule has 3 N–H and O–H groups in total. The Kier molecular flexibility index (Phi) is 6.80. The van der Waals surface area contributed by atoms with Crippen LogP contribution in [-0.4, -0.2) is 22.1 Å². The van der Waals surface area contributed by atoms with Gasteiger partial charge >= 0.3 is 12.1 Å². The first kappa shape index (κ1) is 21.4. The number of nitrogens with one attached hydrogen (secondary N) is 1. The van der Waals surface area contributed by atoms with Crippen LogP contribution in [0.5, 0.6) is 0 Å². The summed E-state index contributed by atoms with van der Waals surface area (Å²) in [6.07, 6.45) is -4.18. The molecule has 0 aliphatic rings. The summed E-state index contributed by atoms with van der Waals surface area (Å²) in [5, 5.41) is 21.1. The molecule has 2 aromatic rings. The maximum atomic E-state index is 12.6. The molecule has 1 unspecified atom stereocenters. The molecule has 1 atom stereocenters. The zero-order chi connectivity index (χ0) is 20.9. The summed E-state index contributed by atoms with van der Waals surface area (Å²) >= 11 is 0. The van der Waals surface area contributed by atoms with Crippen molar-refractivity contribution in [2.75, 3.05) is 0 Å². The number of carboxylic acids is 1. The summed E-state index contributed by atoms with van der Waals surface area (Å²) in [4.78, 5) is 23.2. The van der Waals surface area contributed by atoms with Gasteiger partial charge in [0.2, 0.25) is 0 Å². The van der Waals surface area contributed by atoms with Crippen molar-refractivity contribution in [2.45, 2.75) is 32.7 Å². The van der Waals surface area contributed by atoms with Crippen molar-refractivity contribution in [1.29, 1.82) is 0 Å². The fourth-order valence-corrected chi connectivity index (χ4v) is 2.65. The lowest BCUT2D eigenvalue weighted by atomic mass is 9.97. The Morgan fingerprint density at radius 2 is 1.71 bits per heavy atom. The maximum absolute atomic E-state index is 12.6. The van der Waals surface area contributed by atoms with Crippen molar-refractivity contribution in [1.82, 2.24) is 5.32 Å². The molecule has 0 saturated carbocycles. The fourth-order valence-electron chi connectivity index (χ4n) is 2.65. The highest BCUT2D eigenvalue weighted by Crippen LogP contribution is 2.29. The Morgan fingerprint density at radius 3 is 2.25 bits per heavy atom. The first-order valence-electron chi connectivity index (χ1n) is 8.51. The van der Waals surface area contributed by atoms with E-state index < -0.39 is 29.5 Å². The fraction of sp³-hybridized carbons (Fsp3) is 0.300. The minimum atomic E-state index is -4.47. The molecule has 150 valence electrons. The van der Waals surface area contributed by atoms with Gasteiger partial charge in [0, 0.05) is 12.1 Å². The first-order valence-corrected chi connectivity index (χ1v) is 8.51. The van der Waals surface area contributed by atoms with E-state index in [1.54, 1.807) is 25.1 Å². The Bertz CT molecular complexity index is 848. The Morgan fingerprint density at radius 1 is 1.07 bits per heavy atom. The number of carboxylic acid groups (broad SMARTS) is 1. The van der Waals surface area contributed by atoms with Gasteiger partial charge in [-0.25, -0.2) is 0 Å². The molecule has 5 nitrogen and oxygen atoms in total. The number of carbonyl (C=O) groups is 2. The third kappa shape index (κ3) is 5.56. The highest BCUT2D eigenvalue weighted by molar-refractivity contribution is 5.94. The van der Waals surface area contributed by atoms with Crippen LogP contribution in [-0.2, 0) is 30.5 Å². The minimum absolute atomic E-state index is 0.0467. The van der Waals surface area contributed by atoms with Crippen molar-refractivity contribution >= 4 is 11.9 Å². The van der Waals surface area contributed by atoms with Gasteiger partial charge < -0.3 is 15.5 Å². The molecule has 0 heterocycles. The topological polar surface area (TPSA) is 86.6 Å². The van der Waals surface area contributed by atoms with E-state index in [2.05, 4.69) is 5.32 Å². The van der Waals surface area contributed by atoms with Crippen molar-refractivity contribution < 1.29 is 33.0 Å². The number of rotatable bonds is 7. The van der Waals surface area contributed by atoms with Crippen LogP contribution in [0.2, 0.25) is 0 Å². The number of aliphatic hydroxyl groups excluding tert-OH is 1. The van der Waals surface area contributed by atoms with E-state index in [0.717, 1.165) is 29.8 Å². The van der Waals surface area contributed by atoms with Crippen LogP contribution in [0.4, 0.5) is 13.2 Å². The van der Waals surface area contributed by atoms with E-state index in [9.17, 15) is 27.9 Å². The molecular formula is C20H20F3NO4. The molecule has 2 rings (SSSR count). The molecule has 1 amide bonds. The lowest BCUT2D eigenvalue weighted by molar-refractivity contribution is -0.141. The number of amides is 1.